The third kappa shape index (κ3) is 4.79. The molecule has 2 aliphatic carbocycles. The average molecular weight is 418 g/mol. The van der Waals surface area contributed by atoms with Crippen molar-refractivity contribution in [2.45, 2.75) is 30.4 Å². The minimum atomic E-state index is -1.33. The molecule has 0 nitrogen and oxygen atoms in total. The molecular weight excluding hydrogens is 394 g/mol. The van der Waals surface area contributed by atoms with Gasteiger partial charge in [0.15, 0.2) is 0 Å². The standard InChI is InChI=1S/C9H7.C5H5.C2H6.CH5Si.2ClH.Zr/c1-2-5-9-7-3-6-8(9)4-1;1-2-4-5-3-1;2*1-2;;;/h1-7H;1-3H,4H2;1-2H3;2H2,1H3;2*1H;/q;;;;;;+2/p-2. The number of benzene rings is 1. The summed E-state index contributed by atoms with van der Waals surface area (Å²) in [6, 6.07) is 8.99. The van der Waals surface area contributed by atoms with Crippen molar-refractivity contribution in [3.05, 3.63) is 63.0 Å². The van der Waals surface area contributed by atoms with Crippen molar-refractivity contribution in [2.75, 3.05) is 0 Å². The van der Waals surface area contributed by atoms with E-state index in [9.17, 15) is 0 Å². The summed E-state index contributed by atoms with van der Waals surface area (Å²) in [5.74, 6) is 0. The van der Waals surface area contributed by atoms with Gasteiger partial charge in [-0.1, -0.05) is 13.8 Å². The predicted molar refractivity (Wildman–Crippen MR) is 85.8 cm³/mol. The van der Waals surface area contributed by atoms with Crippen molar-refractivity contribution >= 4 is 12.7 Å². The van der Waals surface area contributed by atoms with E-state index in [1.54, 1.807) is 5.56 Å². The monoisotopic (exact) mass is 415 g/mol. The Morgan fingerprint density at radius 3 is 2.48 bits per heavy atom. The quantitative estimate of drug-likeness (QED) is 0.519. The van der Waals surface area contributed by atoms with Gasteiger partial charge in [0.25, 0.3) is 0 Å². The van der Waals surface area contributed by atoms with E-state index in [-0.39, 0.29) is 31.5 Å². The molecule has 0 radical (unpaired) electrons. The topological polar surface area (TPSA) is 0 Å². The Bertz CT molecular complexity index is 523. The van der Waals surface area contributed by atoms with Crippen molar-refractivity contribution < 1.29 is 45.7 Å². The van der Waals surface area contributed by atoms with E-state index in [2.05, 4.69) is 61.2 Å². The molecule has 1 atom stereocenters. The molecule has 1 unspecified atom stereocenters. The Balaban J connectivity index is 0.000000961. The minimum absolute atomic E-state index is 0. The van der Waals surface area contributed by atoms with Crippen LogP contribution in [0.5, 0.6) is 0 Å². The van der Waals surface area contributed by atoms with Crippen LogP contribution in [0.1, 0.15) is 35.0 Å². The van der Waals surface area contributed by atoms with Crippen LogP contribution in [0.2, 0.25) is 6.55 Å². The number of halogens is 2. The van der Waals surface area contributed by atoms with Crippen LogP contribution >= 0.6 is 0 Å². The molecule has 0 saturated heterocycles. The molecule has 0 aromatic heterocycles. The largest absolute Gasteiger partial charge is 1.00 e. The predicted octanol–water partition coefficient (Wildman–Crippen LogP) is -1.62. The summed E-state index contributed by atoms with van der Waals surface area (Å²) in [6.45, 7) is 6.70. The summed E-state index contributed by atoms with van der Waals surface area (Å²) >= 11 is -1.33. The van der Waals surface area contributed by atoms with Gasteiger partial charge in [0.2, 0.25) is 0 Å². The van der Waals surface area contributed by atoms with Crippen molar-refractivity contribution in [3.8, 4) is 0 Å². The van der Waals surface area contributed by atoms with E-state index in [1.807, 2.05) is 17.1 Å². The first-order valence-corrected chi connectivity index (χ1v) is 17.4. The summed E-state index contributed by atoms with van der Waals surface area (Å²) in [4.78, 5) is 0. The summed E-state index contributed by atoms with van der Waals surface area (Å²) in [6.07, 6.45) is 13.2. The molecule has 0 bridgehead atoms. The second kappa shape index (κ2) is 10.8. The van der Waals surface area contributed by atoms with E-state index >= 15 is 0 Å². The van der Waals surface area contributed by atoms with Crippen LogP contribution in [0.4, 0.5) is 0 Å². The molecule has 4 heteroatoms. The Hall–Kier alpha value is 0.120. The molecule has 2 aliphatic rings. The van der Waals surface area contributed by atoms with E-state index in [1.165, 1.54) is 12.0 Å². The second-order valence-corrected chi connectivity index (χ2v) is 20.8. The Morgan fingerprint density at radius 1 is 1.14 bits per heavy atom. The zero-order chi connectivity index (χ0) is 13.7. The molecule has 3 rings (SSSR count). The van der Waals surface area contributed by atoms with Gasteiger partial charge >= 0.3 is 113 Å². The van der Waals surface area contributed by atoms with Gasteiger partial charge in [0.05, 0.1) is 0 Å². The molecule has 0 fully saturated rings. The Labute approximate surface area is 151 Å². The first kappa shape index (κ1) is 21.1. The van der Waals surface area contributed by atoms with Crippen molar-refractivity contribution in [3.63, 3.8) is 0 Å². The van der Waals surface area contributed by atoms with Gasteiger partial charge < -0.3 is 24.8 Å². The summed E-state index contributed by atoms with van der Waals surface area (Å²) in [5.41, 5.74) is 3.11. The van der Waals surface area contributed by atoms with Gasteiger partial charge in [-0.05, 0) is 0 Å². The van der Waals surface area contributed by atoms with E-state index in [4.69, 9.17) is 0 Å². The maximum absolute atomic E-state index is 2.53. The first-order chi connectivity index (χ1) is 9.40. The number of fused-ring (bicyclic) bond motifs is 1. The second-order valence-electron chi connectivity index (χ2n) is 4.67. The van der Waals surface area contributed by atoms with Gasteiger partial charge in [-0.25, -0.2) is 0 Å². The van der Waals surface area contributed by atoms with Gasteiger partial charge in [-0.3, -0.25) is 0 Å². The fraction of sp³-hybridized carbons (Fsp3) is 0.294. The Morgan fingerprint density at radius 2 is 1.86 bits per heavy atom. The maximum Gasteiger partial charge on any atom is -1.00 e. The van der Waals surface area contributed by atoms with E-state index in [0.717, 1.165) is 3.63 Å². The number of hydrogen-bond donors (Lipinski definition) is 0. The van der Waals surface area contributed by atoms with Crippen molar-refractivity contribution in [1.82, 2.24) is 0 Å². The summed E-state index contributed by atoms with van der Waals surface area (Å²) < 4.78 is 2.70. The van der Waals surface area contributed by atoms with Crippen LogP contribution in [0, 0.1) is 0 Å². The molecule has 21 heavy (non-hydrogen) atoms. The van der Waals surface area contributed by atoms with Crippen LogP contribution in [-0.2, 0) is 20.9 Å². The van der Waals surface area contributed by atoms with Crippen LogP contribution < -0.4 is 24.8 Å². The SMILES string of the molecule is CC.C[SiH2][Zr+2]([C]1=CC=CC1)[CH]1C=Cc2ccccc21.[Cl-].[Cl-]. The molecule has 1 aromatic carbocycles. The first-order valence-electron chi connectivity index (χ1n) is 7.39. The molecule has 0 amide bonds. The van der Waals surface area contributed by atoms with Gasteiger partial charge in [0, 0.05) is 0 Å². The van der Waals surface area contributed by atoms with Crippen molar-refractivity contribution in [2.24, 2.45) is 0 Å². The van der Waals surface area contributed by atoms with Crippen LogP contribution in [0.3, 0.4) is 0 Å². The fourth-order valence-electron chi connectivity index (χ4n) is 2.89. The fourth-order valence-corrected chi connectivity index (χ4v) is 19.1. The molecular formula is C17H23Cl2SiZr. The van der Waals surface area contributed by atoms with Crippen molar-refractivity contribution in [1.29, 1.82) is 0 Å². The Kier molecular flexibility index (Phi) is 10.8. The molecule has 0 heterocycles. The van der Waals surface area contributed by atoms with Crippen LogP contribution in [0.15, 0.2) is 51.9 Å². The van der Waals surface area contributed by atoms with Gasteiger partial charge in [-0.15, -0.1) is 0 Å². The molecule has 1 aromatic rings. The molecule has 113 valence electrons. The van der Waals surface area contributed by atoms with Crippen LogP contribution in [0.25, 0.3) is 6.08 Å². The van der Waals surface area contributed by atoms with E-state index in [0.29, 0.717) is 0 Å². The molecule has 0 spiro atoms. The summed E-state index contributed by atoms with van der Waals surface area (Å²) in [7, 11) is 0. The smallest absolute Gasteiger partial charge is 1.00 e. The third-order valence-corrected chi connectivity index (χ3v) is 21.4. The summed E-state index contributed by atoms with van der Waals surface area (Å²) in [5, 5.41) is 0. The van der Waals surface area contributed by atoms with Gasteiger partial charge in [-0.2, -0.15) is 0 Å². The number of allylic oxidation sites excluding steroid dienone is 5. The molecule has 0 N–H and O–H groups in total. The van der Waals surface area contributed by atoms with E-state index < -0.39 is 20.9 Å². The number of rotatable bonds is 3. The zero-order valence-electron chi connectivity index (χ0n) is 12.9. The third-order valence-electron chi connectivity index (χ3n) is 3.74. The molecule has 0 saturated carbocycles. The van der Waals surface area contributed by atoms with Gasteiger partial charge in [0.1, 0.15) is 0 Å². The molecule has 0 aliphatic heterocycles. The average Bonchev–Trinajstić information content (AvgIpc) is 3.13. The maximum atomic E-state index is 2.53. The normalized spacial score (nSPS) is 17.5. The number of hydrogen-bond acceptors (Lipinski definition) is 0. The zero-order valence-corrected chi connectivity index (χ0v) is 18.3. The minimum Gasteiger partial charge on any atom is -1.00 e. The van der Waals surface area contributed by atoms with Crippen LogP contribution in [-0.4, -0.2) is 6.65 Å².